The van der Waals surface area contributed by atoms with E-state index in [9.17, 15) is 9.59 Å². The fourth-order valence-electron chi connectivity index (χ4n) is 2.30. The lowest BCUT2D eigenvalue weighted by Crippen LogP contribution is -2.56. The van der Waals surface area contributed by atoms with Crippen LogP contribution in [0, 0.1) is 11.3 Å². The average molecular weight is 286 g/mol. The molecule has 0 aliphatic heterocycles. The molecule has 0 bridgehead atoms. The predicted octanol–water partition coefficient (Wildman–Crippen LogP) is 0.0762. The van der Waals surface area contributed by atoms with Crippen molar-refractivity contribution in [3.63, 3.8) is 0 Å². The molecule has 1 aliphatic carbocycles. The summed E-state index contributed by atoms with van der Waals surface area (Å²) in [7, 11) is 3.32. The molecule has 0 radical (unpaired) electrons. The topological polar surface area (TPSA) is 87.5 Å². The van der Waals surface area contributed by atoms with Crippen molar-refractivity contribution in [3.8, 4) is 0 Å². The Morgan fingerprint density at radius 1 is 1.32 bits per heavy atom. The molecule has 0 atom stereocenters. The second-order valence-electron chi connectivity index (χ2n) is 5.34. The normalized spacial score (nSPS) is 25.1. The van der Waals surface area contributed by atoms with Crippen LogP contribution in [-0.2, 0) is 4.79 Å². The van der Waals surface area contributed by atoms with E-state index in [2.05, 4.69) is 17.6 Å². The van der Waals surface area contributed by atoms with Crippen LogP contribution in [0.3, 0.4) is 0 Å². The minimum Gasteiger partial charge on any atom is -0.392 e. The molecule has 0 unspecified atom stereocenters. The van der Waals surface area contributed by atoms with Crippen LogP contribution >= 0.6 is 12.2 Å². The van der Waals surface area contributed by atoms with Gasteiger partial charge in [-0.3, -0.25) is 4.79 Å². The Hall–Kier alpha value is -1.37. The number of hydrogen-bond acceptors (Lipinski definition) is 3. The van der Waals surface area contributed by atoms with Gasteiger partial charge < -0.3 is 21.3 Å². The van der Waals surface area contributed by atoms with Crippen LogP contribution in [0.5, 0.6) is 0 Å². The summed E-state index contributed by atoms with van der Waals surface area (Å²) in [6.45, 7) is 2.82. The number of thiocarbonyl (C=S) groups is 1. The van der Waals surface area contributed by atoms with Crippen molar-refractivity contribution in [2.75, 3.05) is 27.2 Å². The van der Waals surface area contributed by atoms with Gasteiger partial charge in [0, 0.05) is 27.2 Å². The molecule has 1 saturated carbocycles. The standard InChI is InChI=1S/C12H22N4O2S/c1-8-6-12(7-8,9(13)19)10(17)14-4-5-15-11(18)16(2)3/h8H,4-7H2,1-3H3,(H2,13,19)(H,14,17)(H,15,18). The number of nitrogens with two attached hydrogens (primary N) is 1. The summed E-state index contributed by atoms with van der Waals surface area (Å²) in [5.74, 6) is 0.345. The first-order valence-corrected chi connectivity index (χ1v) is 6.74. The van der Waals surface area contributed by atoms with Crippen molar-refractivity contribution in [1.29, 1.82) is 0 Å². The largest absolute Gasteiger partial charge is 0.392 e. The number of rotatable bonds is 5. The van der Waals surface area contributed by atoms with Crippen LogP contribution in [0.4, 0.5) is 4.79 Å². The van der Waals surface area contributed by atoms with Crippen LogP contribution in [0.1, 0.15) is 19.8 Å². The fraction of sp³-hybridized carbons (Fsp3) is 0.750. The van der Waals surface area contributed by atoms with E-state index in [0.717, 1.165) is 0 Å². The third-order valence-electron chi connectivity index (χ3n) is 3.39. The molecule has 4 N–H and O–H groups in total. The molecule has 0 aromatic carbocycles. The molecule has 1 aliphatic rings. The first-order chi connectivity index (χ1) is 8.79. The van der Waals surface area contributed by atoms with Gasteiger partial charge in [0.05, 0.1) is 10.4 Å². The summed E-state index contributed by atoms with van der Waals surface area (Å²) >= 11 is 5.01. The summed E-state index contributed by atoms with van der Waals surface area (Å²) in [5, 5.41) is 5.45. The Balaban J connectivity index is 2.35. The highest BCUT2D eigenvalue weighted by Gasteiger charge is 2.50. The Bertz CT molecular complexity index is 378. The zero-order valence-corrected chi connectivity index (χ0v) is 12.5. The van der Waals surface area contributed by atoms with Crippen molar-refractivity contribution < 1.29 is 9.59 Å². The quantitative estimate of drug-likeness (QED) is 0.493. The van der Waals surface area contributed by atoms with Gasteiger partial charge in [-0.1, -0.05) is 19.1 Å². The monoisotopic (exact) mass is 286 g/mol. The third-order valence-corrected chi connectivity index (χ3v) is 3.78. The van der Waals surface area contributed by atoms with Crippen LogP contribution in [0.25, 0.3) is 0 Å². The van der Waals surface area contributed by atoms with E-state index in [4.69, 9.17) is 18.0 Å². The van der Waals surface area contributed by atoms with Gasteiger partial charge in [0.15, 0.2) is 0 Å². The van der Waals surface area contributed by atoms with Crippen LogP contribution < -0.4 is 16.4 Å². The molecule has 0 saturated heterocycles. The second-order valence-corrected chi connectivity index (χ2v) is 5.78. The van der Waals surface area contributed by atoms with Crippen molar-refractivity contribution in [2.24, 2.45) is 17.1 Å². The van der Waals surface area contributed by atoms with Gasteiger partial charge in [-0.25, -0.2) is 4.79 Å². The minimum absolute atomic E-state index is 0.128. The molecule has 3 amide bonds. The SMILES string of the molecule is CC1CC(C(=O)NCCNC(=O)N(C)C)(C(N)=S)C1. The number of nitrogens with one attached hydrogen (secondary N) is 2. The van der Waals surface area contributed by atoms with Gasteiger partial charge in [0.1, 0.15) is 0 Å². The second kappa shape index (κ2) is 6.18. The van der Waals surface area contributed by atoms with Gasteiger partial charge in [-0.2, -0.15) is 0 Å². The Morgan fingerprint density at radius 3 is 2.26 bits per heavy atom. The Kier molecular flexibility index (Phi) is 5.11. The summed E-state index contributed by atoms with van der Waals surface area (Å²) in [5.41, 5.74) is 5.00. The zero-order chi connectivity index (χ0) is 14.6. The van der Waals surface area contributed by atoms with Crippen molar-refractivity contribution in [3.05, 3.63) is 0 Å². The minimum atomic E-state index is -0.680. The number of carbonyl (C=O) groups excluding carboxylic acids is 2. The van der Waals surface area contributed by atoms with Gasteiger partial charge in [0.2, 0.25) is 5.91 Å². The van der Waals surface area contributed by atoms with Crippen LogP contribution in [0.15, 0.2) is 0 Å². The Labute approximate surface area is 119 Å². The molecule has 1 fully saturated rings. The molecule has 0 aromatic rings. The highest BCUT2D eigenvalue weighted by Crippen LogP contribution is 2.45. The molecule has 0 spiro atoms. The van der Waals surface area contributed by atoms with Gasteiger partial charge in [-0.15, -0.1) is 0 Å². The highest BCUT2D eigenvalue weighted by molar-refractivity contribution is 7.80. The van der Waals surface area contributed by atoms with E-state index >= 15 is 0 Å². The molecule has 0 aromatic heterocycles. The van der Waals surface area contributed by atoms with Gasteiger partial charge in [0.25, 0.3) is 0 Å². The number of urea groups is 1. The maximum absolute atomic E-state index is 12.1. The fourth-order valence-corrected chi connectivity index (χ4v) is 2.56. The number of nitrogens with zero attached hydrogens (tertiary/aromatic N) is 1. The van der Waals surface area contributed by atoms with E-state index < -0.39 is 5.41 Å². The molecule has 108 valence electrons. The van der Waals surface area contributed by atoms with Crippen molar-refractivity contribution in [1.82, 2.24) is 15.5 Å². The summed E-state index contributed by atoms with van der Waals surface area (Å²) in [4.78, 5) is 25.1. The number of hydrogen-bond donors (Lipinski definition) is 3. The molecule has 19 heavy (non-hydrogen) atoms. The lowest BCUT2D eigenvalue weighted by atomic mass is 9.62. The maximum Gasteiger partial charge on any atom is 0.316 e. The molecule has 6 nitrogen and oxygen atoms in total. The lowest BCUT2D eigenvalue weighted by Gasteiger charge is -2.44. The summed E-state index contributed by atoms with van der Waals surface area (Å²) in [6.07, 6.45) is 1.41. The lowest BCUT2D eigenvalue weighted by molar-refractivity contribution is -0.132. The summed E-state index contributed by atoms with van der Waals surface area (Å²) < 4.78 is 0. The summed E-state index contributed by atoms with van der Waals surface area (Å²) in [6, 6.07) is -0.185. The smallest absolute Gasteiger partial charge is 0.316 e. The number of amides is 3. The highest BCUT2D eigenvalue weighted by atomic mass is 32.1. The van der Waals surface area contributed by atoms with Crippen molar-refractivity contribution >= 4 is 29.1 Å². The van der Waals surface area contributed by atoms with Crippen molar-refractivity contribution in [2.45, 2.75) is 19.8 Å². The van der Waals surface area contributed by atoms with E-state index in [1.807, 2.05) is 0 Å². The predicted molar refractivity (Wildman–Crippen MR) is 77.7 cm³/mol. The molecular formula is C12H22N4O2S. The van der Waals surface area contributed by atoms with E-state index in [0.29, 0.717) is 31.8 Å². The van der Waals surface area contributed by atoms with Gasteiger partial charge in [-0.05, 0) is 18.8 Å². The van der Waals surface area contributed by atoms with E-state index in [1.165, 1.54) is 4.90 Å². The van der Waals surface area contributed by atoms with E-state index in [-0.39, 0.29) is 16.9 Å². The first kappa shape index (κ1) is 15.7. The molecule has 1 rings (SSSR count). The van der Waals surface area contributed by atoms with Gasteiger partial charge >= 0.3 is 6.03 Å². The molecule has 0 heterocycles. The maximum atomic E-state index is 12.1. The number of carbonyl (C=O) groups is 2. The molecule has 7 heteroatoms. The van der Waals surface area contributed by atoms with Crippen LogP contribution in [0.2, 0.25) is 0 Å². The Morgan fingerprint density at radius 2 is 1.84 bits per heavy atom. The molecular weight excluding hydrogens is 264 g/mol. The third kappa shape index (κ3) is 3.56. The first-order valence-electron chi connectivity index (χ1n) is 6.33. The zero-order valence-electron chi connectivity index (χ0n) is 11.7. The van der Waals surface area contributed by atoms with E-state index in [1.54, 1.807) is 14.1 Å². The van der Waals surface area contributed by atoms with Crippen LogP contribution in [-0.4, -0.2) is 49.0 Å². The average Bonchev–Trinajstić information content (AvgIpc) is 2.28.